The third kappa shape index (κ3) is 8.81. The third-order valence-corrected chi connectivity index (χ3v) is 5.82. The molecule has 0 aliphatic carbocycles. The van der Waals surface area contributed by atoms with Crippen LogP contribution in [0.4, 0.5) is 0 Å². The van der Waals surface area contributed by atoms with Gasteiger partial charge in [-0.05, 0) is 44.2 Å². The first-order valence-corrected chi connectivity index (χ1v) is 12.5. The molecule has 4 aromatic rings. The van der Waals surface area contributed by atoms with E-state index < -0.39 is 0 Å². The predicted molar refractivity (Wildman–Crippen MR) is 152 cm³/mol. The van der Waals surface area contributed by atoms with Crippen molar-refractivity contribution < 1.29 is 30.0 Å². The van der Waals surface area contributed by atoms with Crippen LogP contribution in [0, 0.1) is 38.8 Å². The first-order valence-electron chi connectivity index (χ1n) is 12.5. The van der Waals surface area contributed by atoms with Gasteiger partial charge in [0, 0.05) is 26.2 Å². The molecular formula is C34H36IrO2-2. The molecule has 0 atom stereocenters. The van der Waals surface area contributed by atoms with Gasteiger partial charge in [0.1, 0.15) is 0 Å². The quantitative estimate of drug-likeness (QED) is 0.131. The molecule has 3 heteroatoms. The second-order valence-corrected chi connectivity index (χ2v) is 10.1. The van der Waals surface area contributed by atoms with Crippen molar-refractivity contribution in [1.29, 1.82) is 0 Å². The minimum Gasteiger partial charge on any atom is -0.512 e. The average molecular weight is 669 g/mol. The zero-order valence-corrected chi connectivity index (χ0v) is 25.2. The summed E-state index contributed by atoms with van der Waals surface area (Å²) < 4.78 is 0. The fraction of sp³-hybridized carbons (Fsp3) is 0.265. The van der Waals surface area contributed by atoms with E-state index in [1.807, 2.05) is 0 Å². The molecule has 195 valence electrons. The van der Waals surface area contributed by atoms with Crippen LogP contribution >= 0.6 is 0 Å². The van der Waals surface area contributed by atoms with Crippen LogP contribution in [0.2, 0.25) is 0 Å². The summed E-state index contributed by atoms with van der Waals surface area (Å²) in [7, 11) is 0. The fourth-order valence-corrected chi connectivity index (χ4v) is 4.37. The summed E-state index contributed by atoms with van der Waals surface area (Å²) in [6.07, 6.45) is 2.22. The Morgan fingerprint density at radius 1 is 0.838 bits per heavy atom. The maximum absolute atomic E-state index is 10.0. The number of rotatable bonds is 5. The number of ketones is 1. The number of fused-ring (bicyclic) bond motifs is 1. The summed E-state index contributed by atoms with van der Waals surface area (Å²) in [5.41, 5.74) is 9.93. The molecule has 0 saturated carbocycles. The average Bonchev–Trinajstić information content (AvgIpc) is 2.78. The van der Waals surface area contributed by atoms with E-state index >= 15 is 0 Å². The van der Waals surface area contributed by atoms with Crippen LogP contribution in [-0.2, 0) is 31.3 Å². The van der Waals surface area contributed by atoms with Crippen molar-refractivity contribution in [1.82, 2.24) is 0 Å². The van der Waals surface area contributed by atoms with Gasteiger partial charge in [-0.3, -0.25) is 4.79 Å². The first kappa shape index (κ1) is 30.2. The number of aliphatic hydroxyl groups excluding tert-OH is 1. The van der Waals surface area contributed by atoms with Crippen molar-refractivity contribution >= 4 is 16.6 Å². The Morgan fingerprint density at radius 2 is 1.46 bits per heavy atom. The van der Waals surface area contributed by atoms with Crippen molar-refractivity contribution in [2.75, 3.05) is 0 Å². The Hall–Kier alpha value is -3.00. The molecule has 0 unspecified atom stereocenters. The van der Waals surface area contributed by atoms with Gasteiger partial charge in [-0.15, -0.1) is 34.2 Å². The monoisotopic (exact) mass is 669 g/mol. The molecule has 0 spiro atoms. The molecule has 0 bridgehead atoms. The van der Waals surface area contributed by atoms with Gasteiger partial charge < -0.3 is 5.11 Å². The Morgan fingerprint density at radius 3 is 2.00 bits per heavy atom. The van der Waals surface area contributed by atoms with Gasteiger partial charge in [-0.1, -0.05) is 75.0 Å². The molecule has 0 aliphatic rings. The molecule has 1 radical (unpaired) electrons. The maximum Gasteiger partial charge on any atom is 0.155 e. The van der Waals surface area contributed by atoms with Crippen molar-refractivity contribution in [3.8, 4) is 22.3 Å². The second-order valence-electron chi connectivity index (χ2n) is 10.1. The fourth-order valence-electron chi connectivity index (χ4n) is 4.37. The molecule has 0 saturated heterocycles. The maximum atomic E-state index is 10.0. The Balaban J connectivity index is 0.000000532. The molecule has 0 amide bonds. The number of hydrogen-bond donors (Lipinski definition) is 1. The van der Waals surface area contributed by atoms with E-state index in [0.717, 1.165) is 17.5 Å². The number of carbonyl (C=O) groups excluding carboxylic acids is 1. The van der Waals surface area contributed by atoms with E-state index in [0.29, 0.717) is 5.92 Å². The van der Waals surface area contributed by atoms with Gasteiger partial charge in [-0.2, -0.15) is 29.8 Å². The van der Waals surface area contributed by atoms with Crippen LogP contribution in [-0.4, -0.2) is 10.9 Å². The Kier molecular flexibility index (Phi) is 11.0. The van der Waals surface area contributed by atoms with Gasteiger partial charge in [-0.25, -0.2) is 5.56 Å². The minimum absolute atomic E-state index is 0. The molecule has 4 aromatic carbocycles. The normalized spacial score (nSPS) is 11.1. The van der Waals surface area contributed by atoms with Crippen LogP contribution in [0.3, 0.4) is 0 Å². The molecular weight excluding hydrogens is 633 g/mol. The first-order chi connectivity index (χ1) is 17.0. The molecule has 0 aromatic heterocycles. The Bertz CT molecular complexity index is 1370. The molecule has 0 fully saturated rings. The molecule has 0 aliphatic heterocycles. The van der Waals surface area contributed by atoms with Crippen molar-refractivity contribution in [3.63, 3.8) is 0 Å². The zero-order valence-electron chi connectivity index (χ0n) is 22.8. The summed E-state index contributed by atoms with van der Waals surface area (Å²) >= 11 is 0. The minimum atomic E-state index is -0.125. The molecule has 0 heterocycles. The van der Waals surface area contributed by atoms with Gasteiger partial charge in [0.05, 0.1) is 5.76 Å². The van der Waals surface area contributed by atoms with Crippen molar-refractivity contribution in [2.45, 2.75) is 54.9 Å². The molecule has 4 rings (SSSR count). The SMILES string of the molecule is CC(=O)/C=C(/C)O.Cc1[c-]c(-c2[c-]c3ccc(-c4ccc(C)cc4)cc3c(CC(C)C)c2)cc(C)c1.[Ir]. The number of benzene rings is 4. The summed E-state index contributed by atoms with van der Waals surface area (Å²) in [6, 6.07) is 29.5. The smallest absolute Gasteiger partial charge is 0.155 e. The third-order valence-electron chi connectivity index (χ3n) is 5.82. The van der Waals surface area contributed by atoms with Gasteiger partial charge in [0.2, 0.25) is 0 Å². The van der Waals surface area contributed by atoms with Gasteiger partial charge in [0.15, 0.2) is 5.78 Å². The van der Waals surface area contributed by atoms with Crippen LogP contribution in [0.1, 0.15) is 49.9 Å². The standard InChI is InChI=1S/C29H28.C5H8O2.Ir/c1-19(2)12-28-17-27(26-14-21(4)13-22(5)15-26)16-25-11-10-24(18-29(25)28)23-8-6-20(3)7-9-23;1-4(6)3-5(2)7;/h6-11,13-14,17-19H,12H2,1-5H3;3,6H,1-2H3;/q-2;;/b;4-3-;. The van der Waals surface area contributed by atoms with E-state index in [2.05, 4.69) is 107 Å². The van der Waals surface area contributed by atoms with Crippen LogP contribution in [0.25, 0.3) is 33.0 Å². The number of allylic oxidation sites excluding steroid dienone is 2. The van der Waals surface area contributed by atoms with Crippen LogP contribution in [0.5, 0.6) is 0 Å². The predicted octanol–water partition coefficient (Wildman–Crippen LogP) is 8.93. The molecule has 2 nitrogen and oxygen atoms in total. The van der Waals surface area contributed by atoms with Crippen molar-refractivity contribution in [3.05, 3.63) is 107 Å². The topological polar surface area (TPSA) is 37.3 Å². The number of carbonyl (C=O) groups is 1. The van der Waals surface area contributed by atoms with Gasteiger partial charge in [0.25, 0.3) is 0 Å². The molecule has 1 N–H and O–H groups in total. The largest absolute Gasteiger partial charge is 0.512 e. The van der Waals surface area contributed by atoms with E-state index in [1.54, 1.807) is 0 Å². The second kappa shape index (κ2) is 13.5. The summed E-state index contributed by atoms with van der Waals surface area (Å²) in [6.45, 7) is 13.8. The van der Waals surface area contributed by atoms with Crippen LogP contribution < -0.4 is 0 Å². The van der Waals surface area contributed by atoms with Gasteiger partial charge >= 0.3 is 0 Å². The number of aliphatic hydroxyl groups is 1. The van der Waals surface area contributed by atoms with E-state index in [4.69, 9.17) is 5.11 Å². The zero-order chi connectivity index (χ0) is 26.4. The van der Waals surface area contributed by atoms with E-state index in [-0.39, 0.29) is 31.6 Å². The number of aryl methyl sites for hydroxylation is 3. The van der Waals surface area contributed by atoms with Crippen LogP contribution in [0.15, 0.2) is 72.5 Å². The Labute approximate surface area is 235 Å². The summed E-state index contributed by atoms with van der Waals surface area (Å²) in [5.74, 6) is 0.534. The molecule has 37 heavy (non-hydrogen) atoms. The van der Waals surface area contributed by atoms with Crippen molar-refractivity contribution in [2.24, 2.45) is 5.92 Å². The number of hydrogen-bond acceptors (Lipinski definition) is 2. The summed E-state index contributed by atoms with van der Waals surface area (Å²) in [4.78, 5) is 10.0. The summed E-state index contributed by atoms with van der Waals surface area (Å²) in [5, 5.41) is 10.9. The van der Waals surface area contributed by atoms with E-state index in [1.165, 1.54) is 64.1 Å². The van der Waals surface area contributed by atoms with E-state index in [9.17, 15) is 4.79 Å².